The molecule has 6 nitrogen and oxygen atoms in total. The second-order valence-electron chi connectivity index (χ2n) is 8.09. The van der Waals surface area contributed by atoms with Crippen molar-refractivity contribution in [3.63, 3.8) is 0 Å². The molecule has 0 spiro atoms. The Labute approximate surface area is 176 Å². The number of nitrogens with zero attached hydrogens (tertiary/aromatic N) is 2. The first-order chi connectivity index (χ1) is 14.0. The summed E-state index contributed by atoms with van der Waals surface area (Å²) in [6.45, 7) is 10.3. The van der Waals surface area contributed by atoms with Gasteiger partial charge in [-0.2, -0.15) is 0 Å². The van der Waals surface area contributed by atoms with Crippen LogP contribution >= 0.6 is 0 Å². The van der Waals surface area contributed by atoms with Crippen LogP contribution in [0.15, 0.2) is 29.3 Å². The predicted molar refractivity (Wildman–Crippen MR) is 122 cm³/mol. The maximum absolute atomic E-state index is 12.1. The van der Waals surface area contributed by atoms with Crippen LogP contribution in [0.1, 0.15) is 58.4 Å². The van der Waals surface area contributed by atoms with E-state index in [1.165, 1.54) is 25.8 Å². The Hall–Kier alpha value is -2.08. The van der Waals surface area contributed by atoms with Crippen LogP contribution in [0.5, 0.6) is 0 Å². The standard InChI is InChI=1S/C23H39N5O/c1-5-18(2)22(29)27-21-12-8-11-20(16-21)17-26-23(24-4)25-13-9-15-28-14-7-6-10-19(28)3/h8,11-12,16,18-19H,5-7,9-10,13-15,17H2,1-4H3,(H,27,29)(H2,24,25,26). The van der Waals surface area contributed by atoms with E-state index in [9.17, 15) is 4.79 Å². The molecule has 1 fully saturated rings. The molecule has 1 amide bonds. The van der Waals surface area contributed by atoms with E-state index in [0.717, 1.165) is 43.1 Å². The first-order valence-corrected chi connectivity index (χ1v) is 11.1. The Morgan fingerprint density at radius 1 is 1.31 bits per heavy atom. The number of guanidine groups is 1. The molecule has 2 unspecified atom stereocenters. The molecular formula is C23H39N5O. The Morgan fingerprint density at radius 2 is 2.14 bits per heavy atom. The van der Waals surface area contributed by atoms with Gasteiger partial charge >= 0.3 is 0 Å². The van der Waals surface area contributed by atoms with E-state index in [-0.39, 0.29) is 11.8 Å². The monoisotopic (exact) mass is 401 g/mol. The number of anilines is 1. The van der Waals surface area contributed by atoms with Crippen LogP contribution in [0.3, 0.4) is 0 Å². The average Bonchev–Trinajstić information content (AvgIpc) is 2.74. The number of piperidine rings is 1. The lowest BCUT2D eigenvalue weighted by Gasteiger charge is -2.33. The Bertz CT molecular complexity index is 660. The van der Waals surface area contributed by atoms with Crippen molar-refractivity contribution in [3.8, 4) is 0 Å². The maximum atomic E-state index is 12.1. The molecule has 1 aliphatic rings. The zero-order chi connectivity index (χ0) is 21.1. The van der Waals surface area contributed by atoms with Gasteiger partial charge in [0.1, 0.15) is 0 Å². The van der Waals surface area contributed by atoms with E-state index < -0.39 is 0 Å². The Balaban J connectivity index is 1.73. The zero-order valence-electron chi connectivity index (χ0n) is 18.6. The summed E-state index contributed by atoms with van der Waals surface area (Å²) in [5.74, 6) is 0.900. The Kier molecular flexibility index (Phi) is 9.98. The number of carbonyl (C=O) groups excluding carboxylic acids is 1. The number of aliphatic imine (C=N–C) groups is 1. The van der Waals surface area contributed by atoms with E-state index in [1.54, 1.807) is 7.05 Å². The van der Waals surface area contributed by atoms with E-state index in [2.05, 4.69) is 38.8 Å². The summed E-state index contributed by atoms with van der Waals surface area (Å²) in [7, 11) is 1.80. The highest BCUT2D eigenvalue weighted by Crippen LogP contribution is 2.16. The molecule has 2 rings (SSSR count). The average molecular weight is 402 g/mol. The van der Waals surface area contributed by atoms with Gasteiger partial charge in [0.2, 0.25) is 5.91 Å². The first kappa shape index (κ1) is 23.2. The van der Waals surface area contributed by atoms with Gasteiger partial charge in [-0.05, 0) is 56.8 Å². The lowest BCUT2D eigenvalue weighted by molar-refractivity contribution is -0.119. The summed E-state index contributed by atoms with van der Waals surface area (Å²) in [6.07, 6.45) is 5.98. The molecule has 1 heterocycles. The summed E-state index contributed by atoms with van der Waals surface area (Å²) < 4.78 is 0. The molecule has 0 bridgehead atoms. The fourth-order valence-electron chi connectivity index (χ4n) is 3.60. The summed E-state index contributed by atoms with van der Waals surface area (Å²) in [5, 5.41) is 9.76. The highest BCUT2D eigenvalue weighted by atomic mass is 16.1. The van der Waals surface area contributed by atoms with Crippen molar-refractivity contribution in [3.05, 3.63) is 29.8 Å². The number of amides is 1. The number of rotatable bonds is 9. The van der Waals surface area contributed by atoms with Crippen molar-refractivity contribution < 1.29 is 4.79 Å². The van der Waals surface area contributed by atoms with Gasteiger partial charge in [0, 0.05) is 44.3 Å². The molecule has 0 aliphatic carbocycles. The van der Waals surface area contributed by atoms with Crippen molar-refractivity contribution >= 4 is 17.6 Å². The van der Waals surface area contributed by atoms with Crippen LogP contribution in [0.2, 0.25) is 0 Å². The molecule has 2 atom stereocenters. The number of hydrogen-bond acceptors (Lipinski definition) is 3. The van der Waals surface area contributed by atoms with E-state index >= 15 is 0 Å². The molecule has 0 radical (unpaired) electrons. The molecule has 1 aromatic carbocycles. The number of nitrogens with one attached hydrogen (secondary N) is 3. The van der Waals surface area contributed by atoms with Crippen LogP contribution in [-0.4, -0.2) is 49.5 Å². The third-order valence-corrected chi connectivity index (χ3v) is 5.79. The van der Waals surface area contributed by atoms with Crippen LogP contribution in [-0.2, 0) is 11.3 Å². The van der Waals surface area contributed by atoms with Gasteiger partial charge in [0.25, 0.3) is 0 Å². The molecule has 3 N–H and O–H groups in total. The first-order valence-electron chi connectivity index (χ1n) is 11.1. The second-order valence-corrected chi connectivity index (χ2v) is 8.09. The van der Waals surface area contributed by atoms with Gasteiger partial charge < -0.3 is 20.9 Å². The lowest BCUT2D eigenvalue weighted by Crippen LogP contribution is -2.41. The van der Waals surface area contributed by atoms with Gasteiger partial charge in [0.05, 0.1) is 0 Å². The second kappa shape index (κ2) is 12.5. The van der Waals surface area contributed by atoms with Crippen molar-refractivity contribution in [2.24, 2.45) is 10.9 Å². The van der Waals surface area contributed by atoms with E-state index in [4.69, 9.17) is 0 Å². The van der Waals surface area contributed by atoms with Crippen molar-refractivity contribution in [2.75, 3.05) is 32.0 Å². The smallest absolute Gasteiger partial charge is 0.227 e. The number of benzene rings is 1. The van der Waals surface area contributed by atoms with E-state index in [0.29, 0.717) is 12.6 Å². The molecule has 0 aromatic heterocycles. The minimum Gasteiger partial charge on any atom is -0.356 e. The molecule has 1 saturated heterocycles. The largest absolute Gasteiger partial charge is 0.356 e. The van der Waals surface area contributed by atoms with Crippen molar-refractivity contribution in [1.29, 1.82) is 0 Å². The molecular weight excluding hydrogens is 362 g/mol. The van der Waals surface area contributed by atoms with Crippen molar-refractivity contribution in [2.45, 2.75) is 65.5 Å². The van der Waals surface area contributed by atoms with Gasteiger partial charge in [-0.25, -0.2) is 0 Å². The lowest BCUT2D eigenvalue weighted by atomic mass is 10.0. The molecule has 162 valence electrons. The summed E-state index contributed by atoms with van der Waals surface area (Å²) >= 11 is 0. The third-order valence-electron chi connectivity index (χ3n) is 5.79. The highest BCUT2D eigenvalue weighted by molar-refractivity contribution is 5.92. The number of hydrogen-bond donors (Lipinski definition) is 3. The third kappa shape index (κ3) is 8.05. The topological polar surface area (TPSA) is 68.8 Å². The molecule has 6 heteroatoms. The minimum absolute atomic E-state index is 0.0210. The minimum atomic E-state index is 0.0210. The van der Waals surface area contributed by atoms with Crippen LogP contribution in [0.4, 0.5) is 5.69 Å². The Morgan fingerprint density at radius 3 is 2.86 bits per heavy atom. The van der Waals surface area contributed by atoms with Crippen LogP contribution in [0, 0.1) is 5.92 Å². The molecule has 1 aromatic rings. The van der Waals surface area contributed by atoms with Gasteiger partial charge in [-0.1, -0.05) is 32.4 Å². The highest BCUT2D eigenvalue weighted by Gasteiger charge is 2.17. The molecule has 1 aliphatic heterocycles. The maximum Gasteiger partial charge on any atom is 0.227 e. The number of carbonyl (C=O) groups is 1. The van der Waals surface area contributed by atoms with Crippen molar-refractivity contribution in [1.82, 2.24) is 15.5 Å². The van der Waals surface area contributed by atoms with Crippen LogP contribution < -0.4 is 16.0 Å². The normalized spacial score (nSPS) is 18.9. The fourth-order valence-corrected chi connectivity index (χ4v) is 3.60. The van der Waals surface area contributed by atoms with Crippen LogP contribution in [0.25, 0.3) is 0 Å². The van der Waals surface area contributed by atoms with Gasteiger partial charge in [-0.15, -0.1) is 0 Å². The summed E-state index contributed by atoms with van der Waals surface area (Å²) in [5.41, 5.74) is 1.95. The zero-order valence-corrected chi connectivity index (χ0v) is 18.6. The summed E-state index contributed by atoms with van der Waals surface area (Å²) in [4.78, 5) is 19.0. The van der Waals surface area contributed by atoms with Gasteiger partial charge in [0.15, 0.2) is 5.96 Å². The fraction of sp³-hybridized carbons (Fsp3) is 0.652. The molecule has 0 saturated carbocycles. The summed E-state index contributed by atoms with van der Waals surface area (Å²) in [6, 6.07) is 8.68. The quantitative estimate of drug-likeness (QED) is 0.336. The SMILES string of the molecule is CCC(C)C(=O)Nc1cccc(CNC(=NC)NCCCN2CCCCC2C)c1. The van der Waals surface area contributed by atoms with Gasteiger partial charge in [-0.3, -0.25) is 9.79 Å². The van der Waals surface area contributed by atoms with E-state index in [1.807, 2.05) is 32.0 Å². The molecule has 29 heavy (non-hydrogen) atoms. The number of likely N-dealkylation sites (tertiary alicyclic amines) is 1. The predicted octanol–water partition coefficient (Wildman–Crippen LogP) is 3.60.